The third-order valence-corrected chi connectivity index (χ3v) is 5.39. The number of benzene rings is 1. The van der Waals surface area contributed by atoms with Gasteiger partial charge in [0.15, 0.2) is 0 Å². The van der Waals surface area contributed by atoms with Crippen molar-refractivity contribution >= 4 is 22.7 Å². The largest absolute Gasteiger partial charge is 0.361 e. The Morgan fingerprint density at radius 1 is 1.35 bits per heavy atom. The minimum Gasteiger partial charge on any atom is -0.361 e. The van der Waals surface area contributed by atoms with Crippen LogP contribution in [0, 0.1) is 6.92 Å². The number of aromatic nitrogens is 2. The number of aromatic amines is 1. The predicted molar refractivity (Wildman–Crippen MR) is 101 cm³/mol. The number of H-pyrrole nitrogens is 1. The van der Waals surface area contributed by atoms with E-state index in [1.54, 1.807) is 6.07 Å². The molecule has 0 bridgehead atoms. The van der Waals surface area contributed by atoms with Crippen molar-refractivity contribution < 1.29 is 9.32 Å². The summed E-state index contributed by atoms with van der Waals surface area (Å²) in [7, 11) is 0. The Balaban J connectivity index is 1.37. The first kappa shape index (κ1) is 16.8. The number of fused-ring (bicyclic) bond motifs is 1. The number of aryl methyl sites for hydroxylation is 1. The lowest BCUT2D eigenvalue weighted by molar-refractivity contribution is -0.121. The highest BCUT2D eigenvalue weighted by atomic mass is 16.5. The molecule has 0 saturated carbocycles. The number of anilines is 1. The van der Waals surface area contributed by atoms with Gasteiger partial charge >= 0.3 is 0 Å². The van der Waals surface area contributed by atoms with Crippen molar-refractivity contribution in [2.75, 3.05) is 18.4 Å². The van der Waals surface area contributed by atoms with Crippen LogP contribution in [0.3, 0.4) is 0 Å². The molecule has 1 atom stereocenters. The van der Waals surface area contributed by atoms with Gasteiger partial charge in [0.1, 0.15) is 0 Å². The van der Waals surface area contributed by atoms with Gasteiger partial charge in [-0.1, -0.05) is 23.4 Å². The molecule has 1 aliphatic rings. The molecule has 0 aliphatic carbocycles. The monoisotopic (exact) mass is 352 g/mol. The van der Waals surface area contributed by atoms with E-state index in [0.29, 0.717) is 11.8 Å². The van der Waals surface area contributed by atoms with E-state index in [1.807, 2.05) is 13.8 Å². The maximum Gasteiger partial charge on any atom is 0.243 e. The Bertz CT molecular complexity index is 905. The van der Waals surface area contributed by atoms with Gasteiger partial charge in [-0.25, -0.2) is 0 Å². The Labute approximate surface area is 152 Å². The second-order valence-electron chi connectivity index (χ2n) is 7.10. The van der Waals surface area contributed by atoms with Crippen molar-refractivity contribution in [2.45, 2.75) is 38.6 Å². The second kappa shape index (κ2) is 6.96. The molecule has 1 amide bonds. The number of carbonyl (C=O) groups excluding carboxylic acids is 1. The summed E-state index contributed by atoms with van der Waals surface area (Å²) in [4.78, 5) is 18.1. The highest BCUT2D eigenvalue weighted by Gasteiger charge is 2.28. The molecule has 1 unspecified atom stereocenters. The smallest absolute Gasteiger partial charge is 0.243 e. The van der Waals surface area contributed by atoms with Crippen LogP contribution in [0.15, 0.2) is 41.1 Å². The number of nitrogens with zero attached hydrogens (tertiary/aromatic N) is 2. The van der Waals surface area contributed by atoms with Crippen LogP contribution in [0.5, 0.6) is 0 Å². The molecule has 2 N–H and O–H groups in total. The van der Waals surface area contributed by atoms with Gasteiger partial charge in [0.05, 0.1) is 11.7 Å². The normalized spacial score (nSPS) is 17.5. The van der Waals surface area contributed by atoms with Gasteiger partial charge in [0.25, 0.3) is 0 Å². The third-order valence-electron chi connectivity index (χ3n) is 5.39. The molecule has 1 fully saturated rings. The van der Waals surface area contributed by atoms with Gasteiger partial charge in [-0.05, 0) is 57.3 Å². The quantitative estimate of drug-likeness (QED) is 0.751. The maximum atomic E-state index is 12.5. The molecule has 0 spiro atoms. The first-order valence-electron chi connectivity index (χ1n) is 9.16. The molecular formula is C20H24N4O2. The lowest BCUT2D eigenvalue weighted by Gasteiger charge is -2.35. The van der Waals surface area contributed by atoms with Crippen molar-refractivity contribution in [3.05, 3.63) is 47.8 Å². The number of para-hydroxylation sites is 1. The summed E-state index contributed by atoms with van der Waals surface area (Å²) in [5.41, 5.74) is 3.35. The fraction of sp³-hybridized carbons (Fsp3) is 0.400. The van der Waals surface area contributed by atoms with Gasteiger partial charge in [0.2, 0.25) is 11.8 Å². The number of amides is 1. The molecule has 2 aromatic heterocycles. The number of hydrogen-bond donors (Lipinski definition) is 2. The first-order valence-corrected chi connectivity index (χ1v) is 9.16. The molecule has 0 radical (unpaired) electrons. The van der Waals surface area contributed by atoms with E-state index in [2.05, 4.69) is 50.8 Å². The van der Waals surface area contributed by atoms with E-state index < -0.39 is 0 Å². The van der Waals surface area contributed by atoms with Crippen LogP contribution in [0.25, 0.3) is 10.9 Å². The number of piperidine rings is 1. The van der Waals surface area contributed by atoms with E-state index in [9.17, 15) is 4.79 Å². The van der Waals surface area contributed by atoms with E-state index in [1.165, 1.54) is 16.5 Å². The summed E-state index contributed by atoms with van der Waals surface area (Å²) in [5.74, 6) is 0.898. The van der Waals surface area contributed by atoms with Crippen molar-refractivity contribution in [2.24, 2.45) is 0 Å². The molecular weight excluding hydrogens is 328 g/mol. The van der Waals surface area contributed by atoms with Crippen LogP contribution >= 0.6 is 0 Å². The van der Waals surface area contributed by atoms with Crippen LogP contribution < -0.4 is 5.32 Å². The number of hydrogen-bond acceptors (Lipinski definition) is 4. The molecule has 136 valence electrons. The van der Waals surface area contributed by atoms with Gasteiger partial charge in [-0.2, -0.15) is 0 Å². The summed E-state index contributed by atoms with van der Waals surface area (Å²) in [5, 5.41) is 7.92. The Morgan fingerprint density at radius 3 is 2.85 bits per heavy atom. The molecule has 4 rings (SSSR count). The van der Waals surface area contributed by atoms with E-state index in [0.717, 1.165) is 31.6 Å². The number of likely N-dealkylation sites (tertiary alicyclic amines) is 1. The standard InChI is InChI=1S/C20H24N4O2/c1-13-11-19(26-23-13)22-20(25)14(2)24-9-7-15(8-10-24)17-12-21-18-6-4-3-5-16(17)18/h3-6,11-12,14-15,21H,7-10H2,1-2H3,(H,22,25). The van der Waals surface area contributed by atoms with Crippen LogP contribution in [-0.4, -0.2) is 40.1 Å². The minimum atomic E-state index is -0.190. The SMILES string of the molecule is Cc1cc(NC(=O)C(C)N2CCC(c3c[nH]c4ccccc34)CC2)on1. The Kier molecular flexibility index (Phi) is 4.51. The van der Waals surface area contributed by atoms with E-state index >= 15 is 0 Å². The topological polar surface area (TPSA) is 74.2 Å². The fourth-order valence-electron chi connectivity index (χ4n) is 3.84. The zero-order chi connectivity index (χ0) is 18.1. The lowest BCUT2D eigenvalue weighted by atomic mass is 9.88. The van der Waals surface area contributed by atoms with Crippen LogP contribution in [0.2, 0.25) is 0 Å². The zero-order valence-corrected chi connectivity index (χ0v) is 15.2. The van der Waals surface area contributed by atoms with Crippen LogP contribution in [0.4, 0.5) is 5.88 Å². The van der Waals surface area contributed by atoms with Crippen molar-refractivity contribution in [3.63, 3.8) is 0 Å². The van der Waals surface area contributed by atoms with Gasteiger partial charge in [-0.15, -0.1) is 0 Å². The zero-order valence-electron chi connectivity index (χ0n) is 15.2. The fourth-order valence-corrected chi connectivity index (χ4v) is 3.84. The minimum absolute atomic E-state index is 0.0494. The second-order valence-corrected chi connectivity index (χ2v) is 7.10. The highest BCUT2D eigenvalue weighted by molar-refractivity contribution is 5.93. The summed E-state index contributed by atoms with van der Waals surface area (Å²) in [6.45, 7) is 5.60. The predicted octanol–water partition coefficient (Wildman–Crippen LogP) is 3.67. The van der Waals surface area contributed by atoms with Gasteiger partial charge < -0.3 is 9.51 Å². The third kappa shape index (κ3) is 3.24. The molecule has 3 heterocycles. The molecule has 3 aromatic rings. The van der Waals surface area contributed by atoms with Crippen molar-refractivity contribution in [1.82, 2.24) is 15.0 Å². The molecule has 26 heavy (non-hydrogen) atoms. The summed E-state index contributed by atoms with van der Waals surface area (Å²) >= 11 is 0. The first-order chi connectivity index (χ1) is 12.6. The van der Waals surface area contributed by atoms with Gasteiger partial charge in [0, 0.05) is 23.2 Å². The van der Waals surface area contributed by atoms with Gasteiger partial charge in [-0.3, -0.25) is 15.0 Å². The Hall–Kier alpha value is -2.60. The molecule has 6 nitrogen and oxygen atoms in total. The lowest BCUT2D eigenvalue weighted by Crippen LogP contribution is -2.45. The van der Waals surface area contributed by atoms with Crippen LogP contribution in [0.1, 0.15) is 36.9 Å². The summed E-state index contributed by atoms with van der Waals surface area (Å²) in [6, 6.07) is 9.99. The summed E-state index contributed by atoms with van der Waals surface area (Å²) < 4.78 is 5.08. The molecule has 1 aromatic carbocycles. The molecule has 1 saturated heterocycles. The Morgan fingerprint density at radius 2 is 2.12 bits per heavy atom. The van der Waals surface area contributed by atoms with Crippen molar-refractivity contribution in [3.8, 4) is 0 Å². The maximum absolute atomic E-state index is 12.5. The van der Waals surface area contributed by atoms with Crippen molar-refractivity contribution in [1.29, 1.82) is 0 Å². The number of nitrogens with one attached hydrogen (secondary N) is 2. The average molecular weight is 352 g/mol. The van der Waals surface area contributed by atoms with E-state index in [-0.39, 0.29) is 11.9 Å². The average Bonchev–Trinajstić information content (AvgIpc) is 3.27. The van der Waals surface area contributed by atoms with Crippen LogP contribution in [-0.2, 0) is 4.79 Å². The van der Waals surface area contributed by atoms with E-state index in [4.69, 9.17) is 4.52 Å². The number of carbonyl (C=O) groups is 1. The number of rotatable bonds is 4. The molecule has 1 aliphatic heterocycles. The molecule has 6 heteroatoms. The highest BCUT2D eigenvalue weighted by Crippen LogP contribution is 2.33. The summed E-state index contributed by atoms with van der Waals surface area (Å²) in [6.07, 6.45) is 4.26.